The molecule has 0 aromatic carbocycles. The highest BCUT2D eigenvalue weighted by atomic mass is 16.3. The number of allylic oxidation sites excluding steroid dienone is 1. The Labute approximate surface area is 192 Å². The molecule has 31 heavy (non-hydrogen) atoms. The molecule has 0 aromatic heterocycles. The second kappa shape index (κ2) is 6.64. The van der Waals surface area contributed by atoms with Crippen LogP contribution in [0.1, 0.15) is 113 Å². The van der Waals surface area contributed by atoms with Crippen LogP contribution in [0.3, 0.4) is 0 Å². The van der Waals surface area contributed by atoms with Crippen LogP contribution in [0.2, 0.25) is 0 Å². The Morgan fingerprint density at radius 3 is 2.13 bits per heavy atom. The maximum absolute atomic E-state index is 10.9. The minimum atomic E-state index is -0.118. The van der Waals surface area contributed by atoms with E-state index in [0.717, 1.165) is 30.1 Å². The Bertz CT molecular complexity index is 766. The van der Waals surface area contributed by atoms with Gasteiger partial charge in [-0.05, 0) is 128 Å². The molecule has 10 atom stereocenters. The molecule has 0 amide bonds. The van der Waals surface area contributed by atoms with E-state index >= 15 is 0 Å². The lowest BCUT2D eigenvalue weighted by atomic mass is 9.32. The summed E-state index contributed by atoms with van der Waals surface area (Å²) >= 11 is 0. The Morgan fingerprint density at radius 2 is 1.45 bits per heavy atom. The molecule has 0 aromatic rings. The Balaban J connectivity index is 1.54. The van der Waals surface area contributed by atoms with E-state index in [2.05, 4.69) is 55.0 Å². The minimum absolute atomic E-state index is 0.0632. The van der Waals surface area contributed by atoms with Crippen molar-refractivity contribution in [2.45, 2.75) is 119 Å². The van der Waals surface area contributed by atoms with Crippen molar-refractivity contribution in [2.24, 2.45) is 56.7 Å². The molecular weight excluding hydrogens is 376 g/mol. The summed E-state index contributed by atoms with van der Waals surface area (Å²) < 4.78 is 0. The fraction of sp³-hybridized carbons (Fsp3) is 0.933. The Kier molecular flexibility index (Phi) is 4.82. The molecule has 1 N–H and O–H groups in total. The molecule has 0 aliphatic heterocycles. The molecule has 176 valence electrons. The van der Waals surface area contributed by atoms with E-state index in [-0.39, 0.29) is 11.5 Å². The van der Waals surface area contributed by atoms with Gasteiger partial charge in [0.2, 0.25) is 0 Å². The molecule has 0 bridgehead atoms. The second-order valence-corrected chi connectivity index (χ2v) is 14.7. The van der Waals surface area contributed by atoms with Crippen molar-refractivity contribution in [1.82, 2.24) is 0 Å². The topological polar surface area (TPSA) is 20.2 Å². The molecular formula is C30H50O. The second-order valence-electron chi connectivity index (χ2n) is 14.7. The van der Waals surface area contributed by atoms with E-state index in [9.17, 15) is 5.11 Å². The van der Waals surface area contributed by atoms with Crippen molar-refractivity contribution in [3.63, 3.8) is 0 Å². The van der Waals surface area contributed by atoms with E-state index < -0.39 is 0 Å². The highest BCUT2D eigenvalue weighted by Gasteiger charge is 2.70. The van der Waals surface area contributed by atoms with Gasteiger partial charge in [0.15, 0.2) is 0 Å². The summed E-state index contributed by atoms with van der Waals surface area (Å²) in [7, 11) is 0. The molecule has 0 unspecified atom stereocenters. The fourth-order valence-electron chi connectivity index (χ4n) is 11.5. The van der Waals surface area contributed by atoms with Crippen molar-refractivity contribution in [1.29, 1.82) is 0 Å². The number of rotatable bonds is 1. The Hall–Kier alpha value is -0.300. The summed E-state index contributed by atoms with van der Waals surface area (Å²) in [5.41, 5.74) is 3.38. The molecule has 0 spiro atoms. The van der Waals surface area contributed by atoms with Crippen LogP contribution in [-0.2, 0) is 0 Å². The maximum atomic E-state index is 10.9. The van der Waals surface area contributed by atoms with Crippen LogP contribution in [-0.4, -0.2) is 11.2 Å². The molecule has 5 aliphatic carbocycles. The zero-order chi connectivity index (χ0) is 22.6. The normalized spacial score (nSPS) is 57.9. The first kappa shape index (κ1) is 22.5. The fourth-order valence-corrected chi connectivity index (χ4v) is 11.5. The molecule has 0 heterocycles. The third-order valence-electron chi connectivity index (χ3n) is 13.5. The summed E-state index contributed by atoms with van der Waals surface area (Å²) in [6, 6.07) is 0. The lowest BCUT2D eigenvalue weighted by molar-refractivity contribution is -0.246. The lowest BCUT2D eigenvalue weighted by Gasteiger charge is -2.73. The van der Waals surface area contributed by atoms with Crippen LogP contribution in [0.15, 0.2) is 12.2 Å². The van der Waals surface area contributed by atoms with Gasteiger partial charge >= 0.3 is 0 Å². The third kappa shape index (κ3) is 2.65. The van der Waals surface area contributed by atoms with Crippen LogP contribution >= 0.6 is 0 Å². The largest absolute Gasteiger partial charge is 0.393 e. The number of aliphatic hydroxyl groups is 1. The van der Waals surface area contributed by atoms with Gasteiger partial charge in [0.05, 0.1) is 6.10 Å². The minimum Gasteiger partial charge on any atom is -0.393 e. The zero-order valence-electron chi connectivity index (χ0n) is 21.7. The molecule has 5 rings (SSSR count). The number of hydrogen-bond acceptors (Lipinski definition) is 1. The van der Waals surface area contributed by atoms with Crippen LogP contribution in [0.25, 0.3) is 0 Å². The quantitative estimate of drug-likeness (QED) is 0.421. The van der Waals surface area contributed by atoms with Crippen molar-refractivity contribution >= 4 is 0 Å². The molecule has 0 radical (unpaired) electrons. The molecule has 1 nitrogen and oxygen atoms in total. The predicted octanol–water partition coefficient (Wildman–Crippen LogP) is 8.02. The average molecular weight is 427 g/mol. The van der Waals surface area contributed by atoms with Gasteiger partial charge in [-0.2, -0.15) is 0 Å². The first-order valence-electron chi connectivity index (χ1n) is 13.6. The lowest BCUT2D eigenvalue weighted by Crippen LogP contribution is -2.66. The van der Waals surface area contributed by atoms with E-state index in [1.165, 1.54) is 63.4 Å². The van der Waals surface area contributed by atoms with E-state index in [1.54, 1.807) is 0 Å². The summed E-state index contributed by atoms with van der Waals surface area (Å²) in [5, 5.41) is 10.9. The van der Waals surface area contributed by atoms with Gasteiger partial charge in [0.1, 0.15) is 0 Å². The molecule has 1 heteroatoms. The summed E-state index contributed by atoms with van der Waals surface area (Å²) in [6.07, 6.45) is 13.4. The van der Waals surface area contributed by atoms with Gasteiger partial charge in [-0.1, -0.05) is 53.7 Å². The van der Waals surface area contributed by atoms with Crippen LogP contribution in [0.4, 0.5) is 0 Å². The van der Waals surface area contributed by atoms with Crippen LogP contribution in [0.5, 0.6) is 0 Å². The standard InChI is InChI=1S/C30H50O/c1-19(2)20-11-14-27(5)17-18-29(7)21(25(20)27)9-10-23-28(6)15-13-24(31)26(3,4)22(28)12-16-30(23,29)8/h20-25,31H,1,9-18H2,2-8H3/t20-,21+,22-,23-,24+,25+,27-,28+,29-,30-/m1/s1. The SMILES string of the molecule is C=C(C)[C@H]1CC[C@]2(C)CC[C@]3(C)[C@@H](CC[C@@H]4[C@@]5(C)CC[C@H](O)C(C)(C)[C@H]5CC[C@]43C)[C@H]12. The smallest absolute Gasteiger partial charge is 0.0594 e. The molecule has 0 saturated heterocycles. The van der Waals surface area contributed by atoms with Gasteiger partial charge in [0.25, 0.3) is 0 Å². The van der Waals surface area contributed by atoms with Gasteiger partial charge in [-0.3, -0.25) is 0 Å². The van der Waals surface area contributed by atoms with E-state index in [0.29, 0.717) is 27.6 Å². The van der Waals surface area contributed by atoms with Gasteiger partial charge < -0.3 is 5.11 Å². The average Bonchev–Trinajstić information content (AvgIpc) is 3.04. The highest BCUT2D eigenvalue weighted by molar-refractivity contribution is 5.21. The molecule has 5 saturated carbocycles. The van der Waals surface area contributed by atoms with Crippen molar-refractivity contribution < 1.29 is 5.11 Å². The van der Waals surface area contributed by atoms with E-state index in [4.69, 9.17) is 0 Å². The van der Waals surface area contributed by atoms with Crippen LogP contribution < -0.4 is 0 Å². The summed E-state index contributed by atoms with van der Waals surface area (Å²) in [6.45, 7) is 22.3. The first-order valence-corrected chi connectivity index (χ1v) is 13.6. The van der Waals surface area contributed by atoms with Gasteiger partial charge in [-0.15, -0.1) is 0 Å². The Morgan fingerprint density at radius 1 is 0.742 bits per heavy atom. The third-order valence-corrected chi connectivity index (χ3v) is 13.5. The molecule has 5 fully saturated rings. The summed E-state index contributed by atoms with van der Waals surface area (Å²) in [5.74, 6) is 3.98. The number of hydrogen-bond donors (Lipinski definition) is 1. The van der Waals surface area contributed by atoms with Crippen molar-refractivity contribution in [3.8, 4) is 0 Å². The van der Waals surface area contributed by atoms with Gasteiger partial charge in [0, 0.05) is 0 Å². The number of aliphatic hydroxyl groups excluding tert-OH is 1. The monoisotopic (exact) mass is 426 g/mol. The predicted molar refractivity (Wildman–Crippen MR) is 131 cm³/mol. The van der Waals surface area contributed by atoms with Crippen molar-refractivity contribution in [2.75, 3.05) is 0 Å². The van der Waals surface area contributed by atoms with E-state index in [1.807, 2.05) is 0 Å². The maximum Gasteiger partial charge on any atom is 0.0594 e. The van der Waals surface area contributed by atoms with Gasteiger partial charge in [-0.25, -0.2) is 0 Å². The first-order chi connectivity index (χ1) is 14.3. The van der Waals surface area contributed by atoms with Crippen LogP contribution in [0, 0.1) is 56.7 Å². The molecule has 5 aliphatic rings. The van der Waals surface area contributed by atoms with Crippen molar-refractivity contribution in [3.05, 3.63) is 12.2 Å². The zero-order valence-corrected chi connectivity index (χ0v) is 21.7. The number of fused-ring (bicyclic) bond motifs is 7. The highest BCUT2D eigenvalue weighted by Crippen LogP contribution is 2.77. The summed E-state index contributed by atoms with van der Waals surface area (Å²) in [4.78, 5) is 0.